The number of aliphatic imine (C=N–C) groups is 1. The van der Waals surface area contributed by atoms with Crippen LogP contribution < -0.4 is 4.90 Å². The summed E-state index contributed by atoms with van der Waals surface area (Å²) < 4.78 is 0. The van der Waals surface area contributed by atoms with Crippen molar-refractivity contribution in [3.05, 3.63) is 54.4 Å². The van der Waals surface area contributed by atoms with Gasteiger partial charge in [-0.15, -0.1) is 0 Å². The molecule has 0 aliphatic carbocycles. The van der Waals surface area contributed by atoms with E-state index in [1.165, 1.54) is 6.08 Å². The van der Waals surface area contributed by atoms with Crippen molar-refractivity contribution in [3.63, 3.8) is 0 Å². The lowest BCUT2D eigenvalue weighted by molar-refractivity contribution is -0.112. The van der Waals surface area contributed by atoms with E-state index in [9.17, 15) is 9.59 Å². The molecule has 5 heteroatoms. The first kappa shape index (κ1) is 15.7. The summed E-state index contributed by atoms with van der Waals surface area (Å²) in [5.41, 5.74) is 1.68. The van der Waals surface area contributed by atoms with E-state index in [1.807, 2.05) is 27.1 Å². The van der Waals surface area contributed by atoms with Gasteiger partial charge in [0.05, 0.1) is 0 Å². The predicted molar refractivity (Wildman–Crippen MR) is 88.2 cm³/mol. The summed E-state index contributed by atoms with van der Waals surface area (Å²) >= 11 is 0. The molecule has 1 aliphatic heterocycles. The van der Waals surface area contributed by atoms with E-state index >= 15 is 0 Å². The van der Waals surface area contributed by atoms with Crippen LogP contribution in [-0.2, 0) is 4.79 Å². The van der Waals surface area contributed by atoms with Crippen LogP contribution in [0.2, 0.25) is 0 Å². The van der Waals surface area contributed by atoms with Crippen LogP contribution in [0, 0.1) is 0 Å². The Kier molecular flexibility index (Phi) is 4.88. The monoisotopic (exact) mass is 297 g/mol. The van der Waals surface area contributed by atoms with Crippen LogP contribution in [0.1, 0.15) is 17.3 Å². The van der Waals surface area contributed by atoms with Gasteiger partial charge in [-0.25, -0.2) is 0 Å². The Bertz CT molecular complexity index is 672. The highest BCUT2D eigenvalue weighted by Crippen LogP contribution is 2.18. The van der Waals surface area contributed by atoms with Crippen molar-refractivity contribution in [1.82, 2.24) is 4.90 Å². The molecule has 0 radical (unpaired) electrons. The van der Waals surface area contributed by atoms with E-state index in [0.717, 1.165) is 0 Å². The molecule has 0 fully saturated rings. The van der Waals surface area contributed by atoms with Crippen molar-refractivity contribution in [2.75, 3.05) is 25.5 Å². The number of ketones is 1. The van der Waals surface area contributed by atoms with E-state index in [4.69, 9.17) is 0 Å². The van der Waals surface area contributed by atoms with Gasteiger partial charge < -0.3 is 9.80 Å². The van der Waals surface area contributed by atoms with Crippen LogP contribution in [0.15, 0.2) is 53.8 Å². The Morgan fingerprint density at radius 2 is 2.00 bits per heavy atom. The number of benzene rings is 1. The standard InChI is InChI=1S/C17H19N3O2/c1-4-20(17(22)15-8-10-18-15)14-7-5-6-13(12-14)16(21)9-11-19(2)3/h5-12H,4H2,1-3H3. The van der Waals surface area contributed by atoms with Gasteiger partial charge >= 0.3 is 0 Å². The number of anilines is 1. The van der Waals surface area contributed by atoms with E-state index in [2.05, 4.69) is 4.99 Å². The Morgan fingerprint density at radius 1 is 1.27 bits per heavy atom. The Morgan fingerprint density at radius 3 is 2.55 bits per heavy atom. The number of hydrogen-bond donors (Lipinski definition) is 0. The third-order valence-corrected chi connectivity index (χ3v) is 3.19. The Labute approximate surface area is 130 Å². The molecule has 0 aromatic heterocycles. The van der Waals surface area contributed by atoms with Crippen LogP contribution in [0.4, 0.5) is 5.69 Å². The van der Waals surface area contributed by atoms with Gasteiger partial charge in [-0.1, -0.05) is 12.1 Å². The number of amides is 1. The minimum Gasteiger partial charge on any atom is -0.383 e. The van der Waals surface area contributed by atoms with Crippen LogP contribution in [0.5, 0.6) is 0 Å². The largest absolute Gasteiger partial charge is 0.383 e. The molecule has 0 saturated heterocycles. The summed E-state index contributed by atoms with van der Waals surface area (Å²) in [5.74, 6) is -0.252. The molecule has 0 bridgehead atoms. The molecule has 1 heterocycles. The molecule has 0 N–H and O–H groups in total. The average Bonchev–Trinajstić information content (AvgIpc) is 2.44. The fraction of sp³-hybridized carbons (Fsp3) is 0.235. The predicted octanol–water partition coefficient (Wildman–Crippen LogP) is 2.27. The minimum atomic E-state index is -0.154. The maximum atomic E-state index is 12.3. The molecule has 0 spiro atoms. The van der Waals surface area contributed by atoms with Gasteiger partial charge in [-0.2, -0.15) is 0 Å². The lowest BCUT2D eigenvalue weighted by atomic mass is 10.1. The third kappa shape index (κ3) is 3.49. The Balaban J connectivity index is 2.22. The van der Waals surface area contributed by atoms with Crippen molar-refractivity contribution >= 4 is 23.1 Å². The summed E-state index contributed by atoms with van der Waals surface area (Å²) in [6.45, 7) is 2.40. The van der Waals surface area contributed by atoms with Crippen molar-refractivity contribution < 1.29 is 9.59 Å². The lowest BCUT2D eigenvalue weighted by Crippen LogP contribution is -2.37. The maximum absolute atomic E-state index is 12.3. The SMILES string of the molecule is CCN(C(=O)C1=NC=C1)c1cccc(C(=O)C=CN(C)C)c1. The molecule has 0 unspecified atom stereocenters. The van der Waals surface area contributed by atoms with Gasteiger partial charge in [0.25, 0.3) is 5.91 Å². The second-order valence-electron chi connectivity index (χ2n) is 5.07. The van der Waals surface area contributed by atoms with Crippen molar-refractivity contribution in [1.29, 1.82) is 0 Å². The summed E-state index contributed by atoms with van der Waals surface area (Å²) in [6, 6.07) is 7.06. The fourth-order valence-electron chi connectivity index (χ4n) is 2.00. The second kappa shape index (κ2) is 6.85. The van der Waals surface area contributed by atoms with Crippen LogP contribution in [0.3, 0.4) is 0 Å². The minimum absolute atomic E-state index is 0.0973. The van der Waals surface area contributed by atoms with Crippen molar-refractivity contribution in [2.45, 2.75) is 6.92 Å². The quantitative estimate of drug-likeness (QED) is 0.598. The first-order chi connectivity index (χ1) is 10.5. The van der Waals surface area contributed by atoms with E-state index in [0.29, 0.717) is 23.5 Å². The first-order valence-electron chi connectivity index (χ1n) is 7.08. The van der Waals surface area contributed by atoms with Gasteiger partial charge in [-0.3, -0.25) is 14.6 Å². The third-order valence-electron chi connectivity index (χ3n) is 3.19. The zero-order valence-corrected chi connectivity index (χ0v) is 13.0. The topological polar surface area (TPSA) is 53.0 Å². The molecule has 0 saturated carbocycles. The summed E-state index contributed by atoms with van der Waals surface area (Å²) in [6.07, 6.45) is 6.48. The zero-order valence-electron chi connectivity index (χ0n) is 13.0. The van der Waals surface area contributed by atoms with E-state index < -0.39 is 0 Å². The molecule has 5 nitrogen and oxygen atoms in total. The number of allylic oxidation sites excluding steroid dienone is 1. The fourth-order valence-corrected chi connectivity index (χ4v) is 2.00. The van der Waals surface area contributed by atoms with Gasteiger partial charge in [-0.05, 0) is 25.1 Å². The molecule has 22 heavy (non-hydrogen) atoms. The number of hydrogen-bond acceptors (Lipinski definition) is 4. The van der Waals surface area contributed by atoms with Crippen LogP contribution in [-0.4, -0.2) is 42.9 Å². The van der Waals surface area contributed by atoms with Crippen molar-refractivity contribution in [2.24, 2.45) is 4.99 Å². The molecular formula is C17H19N3O2. The molecule has 114 valence electrons. The highest BCUT2D eigenvalue weighted by atomic mass is 16.2. The normalized spacial score (nSPS) is 12.8. The molecule has 1 amide bonds. The van der Waals surface area contributed by atoms with Crippen molar-refractivity contribution in [3.8, 4) is 0 Å². The number of nitrogens with zero attached hydrogens (tertiary/aromatic N) is 3. The molecule has 2 rings (SSSR count). The lowest BCUT2D eigenvalue weighted by Gasteiger charge is -2.22. The molecule has 1 aromatic carbocycles. The van der Waals surface area contributed by atoms with E-state index in [1.54, 1.807) is 46.5 Å². The summed E-state index contributed by atoms with van der Waals surface area (Å²) in [7, 11) is 3.70. The van der Waals surface area contributed by atoms with Gasteiger partial charge in [0.2, 0.25) is 0 Å². The van der Waals surface area contributed by atoms with Gasteiger partial charge in [0.1, 0.15) is 5.71 Å². The van der Waals surface area contributed by atoms with Crippen LogP contribution in [0.25, 0.3) is 0 Å². The molecule has 1 aromatic rings. The highest BCUT2D eigenvalue weighted by molar-refractivity contribution is 6.49. The smallest absolute Gasteiger partial charge is 0.276 e. The molecule has 0 atom stereocenters. The maximum Gasteiger partial charge on any atom is 0.276 e. The summed E-state index contributed by atoms with van der Waals surface area (Å²) in [4.78, 5) is 31.8. The molecular weight excluding hydrogens is 278 g/mol. The number of carbonyl (C=O) groups excluding carboxylic acids is 2. The average molecular weight is 297 g/mol. The van der Waals surface area contributed by atoms with E-state index in [-0.39, 0.29) is 11.7 Å². The van der Waals surface area contributed by atoms with Gasteiger partial charge in [0, 0.05) is 50.4 Å². The molecule has 1 aliphatic rings. The summed E-state index contributed by atoms with van der Waals surface area (Å²) in [5, 5.41) is 0. The number of rotatable bonds is 6. The van der Waals surface area contributed by atoms with Crippen LogP contribution >= 0.6 is 0 Å². The highest BCUT2D eigenvalue weighted by Gasteiger charge is 2.20. The first-order valence-corrected chi connectivity index (χ1v) is 7.08. The van der Waals surface area contributed by atoms with Gasteiger partial charge in [0.15, 0.2) is 5.78 Å². The Hall–Kier alpha value is -2.69. The number of carbonyl (C=O) groups is 2. The zero-order chi connectivity index (χ0) is 16.1. The second-order valence-corrected chi connectivity index (χ2v) is 5.07.